The molecule has 0 fully saturated rings. The number of aldehydes is 2. The lowest BCUT2D eigenvalue weighted by Crippen LogP contribution is -1.84. The van der Waals surface area contributed by atoms with Crippen molar-refractivity contribution < 1.29 is 9.59 Å². The minimum atomic E-state index is 0.248. The Hall–Kier alpha value is -1.03. The first-order valence-electron chi connectivity index (χ1n) is 2.65. The largest absolute Gasteiger partial charge is 0.297 e. The minimum absolute atomic E-state index is 0.248. The van der Waals surface area contributed by atoms with E-state index in [2.05, 4.69) is 4.98 Å². The summed E-state index contributed by atoms with van der Waals surface area (Å²) in [7, 11) is 0. The molecule has 0 aliphatic rings. The Morgan fingerprint density at radius 3 is 2.50 bits per heavy atom. The number of aryl methyl sites for hydroxylation is 1. The van der Waals surface area contributed by atoms with Gasteiger partial charge in [0.05, 0.1) is 9.88 Å². The highest BCUT2D eigenvalue weighted by molar-refractivity contribution is 7.13. The number of hydrogen-bond acceptors (Lipinski definition) is 4. The summed E-state index contributed by atoms with van der Waals surface area (Å²) in [5, 5.41) is 0.740. The number of thiazole rings is 1. The SMILES string of the molecule is Cc1nc(C=O)c(C=O)s1. The van der Waals surface area contributed by atoms with Gasteiger partial charge in [-0.2, -0.15) is 0 Å². The smallest absolute Gasteiger partial charge is 0.170 e. The Balaban J connectivity index is 3.20. The van der Waals surface area contributed by atoms with Gasteiger partial charge in [0.15, 0.2) is 12.6 Å². The van der Waals surface area contributed by atoms with Crippen molar-refractivity contribution in [1.29, 1.82) is 0 Å². The summed E-state index contributed by atoms with van der Waals surface area (Å²) in [6.07, 6.45) is 1.24. The van der Waals surface area contributed by atoms with Crippen LogP contribution in [0.4, 0.5) is 0 Å². The fourth-order valence-corrected chi connectivity index (χ4v) is 1.34. The molecule has 0 aliphatic carbocycles. The topological polar surface area (TPSA) is 47.0 Å². The summed E-state index contributed by atoms with van der Waals surface area (Å²) >= 11 is 1.23. The second-order valence-electron chi connectivity index (χ2n) is 1.72. The van der Waals surface area contributed by atoms with E-state index >= 15 is 0 Å². The average molecular weight is 155 g/mol. The second kappa shape index (κ2) is 2.70. The van der Waals surface area contributed by atoms with Crippen LogP contribution in [0.5, 0.6) is 0 Å². The van der Waals surface area contributed by atoms with E-state index in [1.807, 2.05) is 0 Å². The Labute approximate surface area is 61.7 Å². The van der Waals surface area contributed by atoms with E-state index in [1.54, 1.807) is 6.92 Å². The lowest BCUT2D eigenvalue weighted by molar-refractivity contribution is 0.109. The van der Waals surface area contributed by atoms with Gasteiger partial charge in [0.25, 0.3) is 0 Å². The maximum absolute atomic E-state index is 10.2. The molecule has 0 spiro atoms. The number of aromatic nitrogens is 1. The molecule has 4 heteroatoms. The number of carbonyl (C=O) groups excluding carboxylic acids is 2. The van der Waals surface area contributed by atoms with Crippen molar-refractivity contribution in [3.63, 3.8) is 0 Å². The van der Waals surface area contributed by atoms with E-state index in [-0.39, 0.29) is 5.69 Å². The van der Waals surface area contributed by atoms with Crippen molar-refractivity contribution in [1.82, 2.24) is 4.98 Å². The van der Waals surface area contributed by atoms with Gasteiger partial charge >= 0.3 is 0 Å². The molecule has 10 heavy (non-hydrogen) atoms. The third-order valence-electron chi connectivity index (χ3n) is 1.01. The first-order valence-corrected chi connectivity index (χ1v) is 3.47. The molecule has 0 saturated heterocycles. The van der Waals surface area contributed by atoms with E-state index in [0.717, 1.165) is 5.01 Å². The molecule has 0 saturated carbocycles. The Kier molecular flexibility index (Phi) is 1.91. The van der Waals surface area contributed by atoms with Crippen molar-refractivity contribution in [3.05, 3.63) is 15.6 Å². The van der Waals surface area contributed by atoms with Crippen LogP contribution in [0.2, 0.25) is 0 Å². The maximum Gasteiger partial charge on any atom is 0.170 e. The van der Waals surface area contributed by atoms with Gasteiger partial charge in [-0.25, -0.2) is 4.98 Å². The highest BCUT2D eigenvalue weighted by Crippen LogP contribution is 2.13. The quantitative estimate of drug-likeness (QED) is 0.600. The lowest BCUT2D eigenvalue weighted by atomic mass is 10.4. The first-order chi connectivity index (χ1) is 4.77. The number of carbonyl (C=O) groups is 2. The van der Waals surface area contributed by atoms with Crippen molar-refractivity contribution in [3.8, 4) is 0 Å². The van der Waals surface area contributed by atoms with Gasteiger partial charge in [-0.05, 0) is 6.92 Å². The molecule has 0 unspecified atom stereocenters. The number of rotatable bonds is 2. The molecule has 0 atom stereocenters. The molecule has 0 amide bonds. The zero-order chi connectivity index (χ0) is 7.56. The van der Waals surface area contributed by atoms with Crippen molar-refractivity contribution in [2.24, 2.45) is 0 Å². The van der Waals surface area contributed by atoms with Crippen LogP contribution in [0, 0.1) is 6.92 Å². The minimum Gasteiger partial charge on any atom is -0.297 e. The molecule has 0 aliphatic heterocycles. The van der Waals surface area contributed by atoms with Crippen LogP contribution in [0.25, 0.3) is 0 Å². The molecule has 52 valence electrons. The van der Waals surface area contributed by atoms with Crippen LogP contribution in [0.1, 0.15) is 25.2 Å². The molecule has 3 nitrogen and oxygen atoms in total. The number of hydrogen-bond donors (Lipinski definition) is 0. The predicted octanol–water partition coefficient (Wildman–Crippen LogP) is 1.08. The van der Waals surface area contributed by atoms with E-state index in [1.165, 1.54) is 11.3 Å². The van der Waals surface area contributed by atoms with Crippen molar-refractivity contribution in [2.45, 2.75) is 6.92 Å². The molecule has 0 aromatic carbocycles. The molecular weight excluding hydrogens is 150 g/mol. The van der Waals surface area contributed by atoms with Crippen LogP contribution in [0.3, 0.4) is 0 Å². The Morgan fingerprint density at radius 1 is 1.40 bits per heavy atom. The standard InChI is InChI=1S/C6H5NO2S/c1-4-7-5(2-8)6(3-9)10-4/h2-3H,1H3. The average Bonchev–Trinajstić information content (AvgIpc) is 2.30. The Bertz CT molecular complexity index is 241. The van der Waals surface area contributed by atoms with Gasteiger partial charge in [0.1, 0.15) is 5.69 Å². The fourth-order valence-electron chi connectivity index (χ4n) is 0.628. The zero-order valence-corrected chi connectivity index (χ0v) is 6.14. The summed E-state index contributed by atoms with van der Waals surface area (Å²) < 4.78 is 0. The van der Waals surface area contributed by atoms with E-state index < -0.39 is 0 Å². The summed E-state index contributed by atoms with van der Waals surface area (Å²) in [5.41, 5.74) is 0.248. The molecular formula is C6H5NO2S. The summed E-state index contributed by atoms with van der Waals surface area (Å²) in [6.45, 7) is 1.75. The summed E-state index contributed by atoms with van der Waals surface area (Å²) in [4.78, 5) is 24.6. The van der Waals surface area contributed by atoms with E-state index in [9.17, 15) is 9.59 Å². The molecule has 1 rings (SSSR count). The van der Waals surface area contributed by atoms with Gasteiger partial charge in [-0.1, -0.05) is 0 Å². The molecule has 1 aromatic heterocycles. The third kappa shape index (κ3) is 1.11. The molecule has 1 aromatic rings. The summed E-state index contributed by atoms with van der Waals surface area (Å²) in [6, 6.07) is 0. The van der Waals surface area contributed by atoms with Crippen LogP contribution in [-0.2, 0) is 0 Å². The van der Waals surface area contributed by atoms with Crippen LogP contribution >= 0.6 is 11.3 Å². The van der Waals surface area contributed by atoms with Gasteiger partial charge in [-0.15, -0.1) is 11.3 Å². The molecule has 0 bridgehead atoms. The third-order valence-corrected chi connectivity index (χ3v) is 1.92. The van der Waals surface area contributed by atoms with Crippen molar-refractivity contribution in [2.75, 3.05) is 0 Å². The van der Waals surface area contributed by atoms with Crippen LogP contribution in [0.15, 0.2) is 0 Å². The highest BCUT2D eigenvalue weighted by atomic mass is 32.1. The van der Waals surface area contributed by atoms with E-state index in [0.29, 0.717) is 17.4 Å². The molecule has 0 N–H and O–H groups in total. The van der Waals surface area contributed by atoms with Gasteiger partial charge in [-0.3, -0.25) is 9.59 Å². The highest BCUT2D eigenvalue weighted by Gasteiger charge is 2.05. The summed E-state index contributed by atoms with van der Waals surface area (Å²) in [5.74, 6) is 0. The van der Waals surface area contributed by atoms with Crippen LogP contribution < -0.4 is 0 Å². The monoisotopic (exact) mass is 155 g/mol. The van der Waals surface area contributed by atoms with Crippen LogP contribution in [-0.4, -0.2) is 17.6 Å². The lowest BCUT2D eigenvalue weighted by Gasteiger charge is -1.76. The van der Waals surface area contributed by atoms with Gasteiger partial charge in [0, 0.05) is 0 Å². The number of nitrogens with zero attached hydrogens (tertiary/aromatic N) is 1. The zero-order valence-electron chi connectivity index (χ0n) is 5.33. The van der Waals surface area contributed by atoms with Gasteiger partial charge in [0.2, 0.25) is 0 Å². The normalized spacial score (nSPS) is 9.30. The molecule has 0 radical (unpaired) electrons. The first kappa shape index (κ1) is 7.08. The molecule has 1 heterocycles. The van der Waals surface area contributed by atoms with E-state index in [4.69, 9.17) is 0 Å². The Morgan fingerprint density at radius 2 is 2.10 bits per heavy atom. The second-order valence-corrected chi connectivity index (χ2v) is 2.95. The maximum atomic E-state index is 10.2. The van der Waals surface area contributed by atoms with Crippen molar-refractivity contribution >= 4 is 23.9 Å². The predicted molar refractivity (Wildman–Crippen MR) is 37.6 cm³/mol. The fraction of sp³-hybridized carbons (Fsp3) is 0.167. The van der Waals surface area contributed by atoms with Gasteiger partial charge < -0.3 is 0 Å².